The van der Waals surface area contributed by atoms with E-state index in [9.17, 15) is 9.59 Å². The summed E-state index contributed by atoms with van der Waals surface area (Å²) in [6.45, 7) is 11.0. The average molecular weight is 522 g/mol. The monoisotopic (exact) mass is 521 g/mol. The van der Waals surface area contributed by atoms with Crippen LogP contribution < -0.4 is 10.1 Å². The number of likely N-dealkylation sites (tertiary alicyclic amines) is 1. The number of nitrogens with one attached hydrogen (secondary N) is 1. The van der Waals surface area contributed by atoms with Gasteiger partial charge in [-0.15, -0.1) is 0 Å². The average Bonchev–Trinajstić information content (AvgIpc) is 3.09. The normalized spacial score (nSPS) is 26.6. The van der Waals surface area contributed by atoms with Gasteiger partial charge in [-0.1, -0.05) is 32.4 Å². The van der Waals surface area contributed by atoms with Crippen molar-refractivity contribution in [1.82, 2.24) is 24.8 Å². The summed E-state index contributed by atoms with van der Waals surface area (Å²) < 4.78 is 8.22. The van der Waals surface area contributed by atoms with Crippen LogP contribution in [0.3, 0.4) is 0 Å². The van der Waals surface area contributed by atoms with Gasteiger partial charge in [0.1, 0.15) is 17.8 Å². The fraction of sp³-hybridized carbons (Fsp3) is 0.500. The molecule has 4 heterocycles. The Morgan fingerprint density at radius 3 is 2.62 bits per heavy atom. The minimum Gasteiger partial charge on any atom is -0.492 e. The molecule has 194 valence electrons. The van der Waals surface area contributed by atoms with Crippen molar-refractivity contribution >= 4 is 28.9 Å². The SMILES string of the molecule is Cc1cc(Cl)cc(-c2ncnn3cc(CN4C(=O)C5C(C4=O)C5(C)C)cc23)c1OCC1(C)CCCNC1. The number of aromatic nitrogens is 3. The first-order chi connectivity index (χ1) is 17.6. The van der Waals surface area contributed by atoms with Gasteiger partial charge in [-0.25, -0.2) is 9.50 Å². The van der Waals surface area contributed by atoms with Gasteiger partial charge in [0.05, 0.1) is 30.5 Å². The van der Waals surface area contributed by atoms with Crippen molar-refractivity contribution in [2.75, 3.05) is 19.7 Å². The van der Waals surface area contributed by atoms with E-state index in [-0.39, 0.29) is 41.0 Å². The molecular weight excluding hydrogens is 490 g/mol. The van der Waals surface area contributed by atoms with Crippen LogP contribution in [0, 0.1) is 29.6 Å². The van der Waals surface area contributed by atoms with Crippen molar-refractivity contribution in [3.63, 3.8) is 0 Å². The van der Waals surface area contributed by atoms with Crippen LogP contribution in [0.2, 0.25) is 5.02 Å². The molecular formula is C28H32ClN5O3. The number of ether oxygens (including phenoxy) is 1. The molecule has 37 heavy (non-hydrogen) atoms. The third-order valence-corrected chi connectivity index (χ3v) is 8.66. The molecule has 6 rings (SSSR count). The number of rotatable bonds is 6. The maximum Gasteiger partial charge on any atom is 0.233 e. The Hall–Kier alpha value is -2.97. The van der Waals surface area contributed by atoms with Gasteiger partial charge in [0, 0.05) is 28.7 Å². The summed E-state index contributed by atoms with van der Waals surface area (Å²) in [6.07, 6.45) is 5.59. The Balaban J connectivity index is 1.32. The molecule has 3 fully saturated rings. The summed E-state index contributed by atoms with van der Waals surface area (Å²) in [5, 5.41) is 8.47. The molecule has 0 radical (unpaired) electrons. The van der Waals surface area contributed by atoms with Gasteiger partial charge in [-0.05, 0) is 61.1 Å². The molecule has 2 aromatic heterocycles. The highest BCUT2D eigenvalue weighted by Gasteiger charge is 2.72. The second-order valence-corrected chi connectivity index (χ2v) is 12.2. The van der Waals surface area contributed by atoms with Crippen molar-refractivity contribution in [2.45, 2.75) is 47.1 Å². The van der Waals surface area contributed by atoms with Crippen LogP contribution in [0.5, 0.6) is 5.75 Å². The van der Waals surface area contributed by atoms with E-state index in [2.05, 4.69) is 22.3 Å². The minimum absolute atomic E-state index is 0.0505. The first-order valence-electron chi connectivity index (χ1n) is 12.9. The van der Waals surface area contributed by atoms with Gasteiger partial charge < -0.3 is 10.1 Å². The maximum absolute atomic E-state index is 12.9. The van der Waals surface area contributed by atoms with E-state index in [0.29, 0.717) is 17.3 Å². The Morgan fingerprint density at radius 1 is 1.16 bits per heavy atom. The molecule has 3 atom stereocenters. The van der Waals surface area contributed by atoms with E-state index < -0.39 is 0 Å². The summed E-state index contributed by atoms with van der Waals surface area (Å²) in [4.78, 5) is 31.7. The number of piperidine rings is 2. The summed E-state index contributed by atoms with van der Waals surface area (Å²) in [7, 11) is 0. The molecule has 9 heteroatoms. The zero-order chi connectivity index (χ0) is 26.1. The zero-order valence-electron chi connectivity index (χ0n) is 21.7. The van der Waals surface area contributed by atoms with Crippen LogP contribution in [0.4, 0.5) is 0 Å². The largest absolute Gasteiger partial charge is 0.492 e. The lowest BCUT2D eigenvalue weighted by atomic mass is 9.84. The highest BCUT2D eigenvalue weighted by molar-refractivity contribution is 6.31. The van der Waals surface area contributed by atoms with E-state index in [1.54, 1.807) is 4.52 Å². The lowest BCUT2D eigenvalue weighted by molar-refractivity contribution is -0.143. The third kappa shape index (κ3) is 4.01. The molecule has 1 saturated carbocycles. The van der Waals surface area contributed by atoms with Crippen molar-refractivity contribution in [3.05, 3.63) is 46.9 Å². The fourth-order valence-electron chi connectivity index (χ4n) is 6.21. The molecule has 3 aromatic rings. The summed E-state index contributed by atoms with van der Waals surface area (Å²) in [5.74, 6) is 0.221. The van der Waals surface area contributed by atoms with Crippen LogP contribution in [0.1, 0.15) is 44.7 Å². The molecule has 8 nitrogen and oxygen atoms in total. The second-order valence-electron chi connectivity index (χ2n) is 11.8. The number of amides is 2. The first-order valence-corrected chi connectivity index (χ1v) is 13.3. The van der Waals surface area contributed by atoms with E-state index >= 15 is 0 Å². The number of fused-ring (bicyclic) bond motifs is 2. The molecule has 3 aliphatic rings. The van der Waals surface area contributed by atoms with Gasteiger partial charge in [-0.3, -0.25) is 14.5 Å². The molecule has 2 saturated heterocycles. The van der Waals surface area contributed by atoms with Gasteiger partial charge in [0.25, 0.3) is 0 Å². The van der Waals surface area contributed by atoms with Crippen molar-refractivity contribution in [1.29, 1.82) is 0 Å². The quantitative estimate of drug-likeness (QED) is 0.487. The van der Waals surface area contributed by atoms with Gasteiger partial charge in [0.15, 0.2) is 0 Å². The standard InChI is InChI=1S/C28H32ClN5O3/c1-16-8-18(29)10-19(24(16)37-14-28(4)6-5-7-30-13-28)23-20-9-17(12-34(20)32-15-31-23)11-33-25(35)21-22(26(33)36)27(21,2)3/h8-10,12,15,21-22,30H,5-7,11,13-14H2,1-4H3. The Kier molecular flexibility index (Phi) is 5.62. The smallest absolute Gasteiger partial charge is 0.233 e. The van der Waals surface area contributed by atoms with Crippen LogP contribution >= 0.6 is 11.6 Å². The van der Waals surface area contributed by atoms with Crippen LogP contribution in [0.25, 0.3) is 16.8 Å². The maximum atomic E-state index is 12.9. The Labute approximate surface area is 221 Å². The number of halogens is 1. The van der Waals surface area contributed by atoms with Crippen molar-refractivity contribution in [3.8, 4) is 17.0 Å². The summed E-state index contributed by atoms with van der Waals surface area (Å²) >= 11 is 6.49. The van der Waals surface area contributed by atoms with Crippen molar-refractivity contribution in [2.24, 2.45) is 22.7 Å². The Morgan fingerprint density at radius 2 is 1.92 bits per heavy atom. The lowest BCUT2D eigenvalue weighted by Crippen LogP contribution is -2.41. The van der Waals surface area contributed by atoms with E-state index in [1.165, 1.54) is 11.2 Å². The molecule has 3 unspecified atom stereocenters. The molecule has 0 spiro atoms. The number of aryl methyl sites for hydroxylation is 1. The molecule has 1 N–H and O–H groups in total. The second kappa shape index (κ2) is 8.53. The third-order valence-electron chi connectivity index (χ3n) is 8.44. The van der Waals surface area contributed by atoms with E-state index in [1.807, 2.05) is 45.2 Å². The lowest BCUT2D eigenvalue weighted by Gasteiger charge is -2.34. The predicted molar refractivity (Wildman–Crippen MR) is 140 cm³/mol. The number of hydrogen-bond donors (Lipinski definition) is 1. The zero-order valence-corrected chi connectivity index (χ0v) is 22.4. The van der Waals surface area contributed by atoms with Gasteiger partial charge in [-0.2, -0.15) is 5.10 Å². The molecule has 1 aromatic carbocycles. The van der Waals surface area contributed by atoms with Crippen LogP contribution in [-0.2, 0) is 16.1 Å². The van der Waals surface area contributed by atoms with Crippen LogP contribution in [0.15, 0.2) is 30.7 Å². The summed E-state index contributed by atoms with van der Waals surface area (Å²) in [5.41, 5.74) is 3.84. The van der Waals surface area contributed by atoms with Gasteiger partial charge in [0.2, 0.25) is 11.8 Å². The predicted octanol–water partition coefficient (Wildman–Crippen LogP) is 4.27. The molecule has 1 aliphatic carbocycles. The van der Waals surface area contributed by atoms with Gasteiger partial charge >= 0.3 is 0 Å². The number of benzene rings is 1. The molecule has 2 aliphatic heterocycles. The number of nitrogens with zero attached hydrogens (tertiary/aromatic N) is 4. The van der Waals surface area contributed by atoms with E-state index in [4.69, 9.17) is 16.3 Å². The van der Waals surface area contributed by atoms with Crippen molar-refractivity contribution < 1.29 is 14.3 Å². The number of imide groups is 1. The van der Waals surface area contributed by atoms with Crippen LogP contribution in [-0.4, -0.2) is 51.0 Å². The molecule has 2 amide bonds. The highest BCUT2D eigenvalue weighted by atomic mass is 35.5. The molecule has 0 bridgehead atoms. The number of carbonyl (C=O) groups excluding carboxylic acids is 2. The Bertz CT molecular complexity index is 1400. The van der Waals surface area contributed by atoms with E-state index in [0.717, 1.165) is 53.9 Å². The minimum atomic E-state index is -0.222. The fourth-order valence-corrected chi connectivity index (χ4v) is 6.48. The number of carbonyl (C=O) groups is 2. The topological polar surface area (TPSA) is 88.8 Å². The summed E-state index contributed by atoms with van der Waals surface area (Å²) in [6, 6.07) is 5.72. The number of hydrogen-bond acceptors (Lipinski definition) is 6. The highest BCUT2D eigenvalue weighted by Crippen LogP contribution is 2.63. The first kappa shape index (κ1) is 24.4.